The summed E-state index contributed by atoms with van der Waals surface area (Å²) in [5.41, 5.74) is 0. The zero-order valence-electron chi connectivity index (χ0n) is 3.83. The molecule has 0 spiro atoms. The van der Waals surface area contributed by atoms with E-state index in [1.165, 1.54) is 0 Å². The van der Waals surface area contributed by atoms with E-state index in [2.05, 4.69) is 0 Å². The van der Waals surface area contributed by atoms with Gasteiger partial charge in [-0.2, -0.15) is 0 Å². The molecule has 9 heavy (non-hydrogen) atoms. The number of carbonyl (C=O) groups is 1. The van der Waals surface area contributed by atoms with Crippen LogP contribution in [0, 0.1) is 0 Å². The van der Waals surface area contributed by atoms with Gasteiger partial charge in [-0.3, -0.25) is 0 Å². The second-order valence-electron chi connectivity index (χ2n) is 0.250. The number of hydrogen-bond acceptors (Lipinski definition) is 3. The fraction of sp³-hybridized carbons (Fsp3) is 0. The van der Waals surface area contributed by atoms with E-state index in [0.29, 0.717) is 0 Å². The van der Waals surface area contributed by atoms with E-state index in [0.717, 1.165) is 0 Å². The summed E-state index contributed by atoms with van der Waals surface area (Å²) in [6.07, 6.45) is -2.33. The van der Waals surface area contributed by atoms with Gasteiger partial charge in [0.25, 0.3) is 0 Å². The van der Waals surface area contributed by atoms with E-state index in [-0.39, 0.29) is 50.6 Å². The number of hydrogen-bond donors (Lipinski definition) is 0. The molecule has 0 aromatic carbocycles. The van der Waals surface area contributed by atoms with E-state index in [1.807, 2.05) is 0 Å². The van der Waals surface area contributed by atoms with Gasteiger partial charge in [-0.25, -0.2) is 0 Å². The van der Waals surface area contributed by atoms with Gasteiger partial charge < -0.3 is 31.4 Å². The molecular weight excluding hydrogens is 235 g/mol. The van der Waals surface area contributed by atoms with Crippen LogP contribution in [-0.4, -0.2) is 22.6 Å². The summed E-state index contributed by atoms with van der Waals surface area (Å²) in [6, 6.07) is 0. The second-order valence-corrected chi connectivity index (χ2v) is 0.250. The van der Waals surface area contributed by atoms with Crippen LogP contribution in [-0.2, 0) is 34.1 Å². The molecule has 0 saturated heterocycles. The fourth-order valence-corrected chi connectivity index (χ4v) is 0. The first-order valence-electron chi connectivity index (χ1n) is 0.612. The van der Waals surface area contributed by atoms with Crippen LogP contribution >= 0.6 is 0 Å². The van der Waals surface area contributed by atoms with Crippen LogP contribution in [0.2, 0.25) is 0 Å². The van der Waals surface area contributed by atoms with Crippen LogP contribution in [0.1, 0.15) is 0 Å². The SMILES string of the molecule is O.O.O.O=C([O-])[O-].[Cu+2].[Cu]. The molecule has 0 aromatic heterocycles. The summed E-state index contributed by atoms with van der Waals surface area (Å²) in [4.78, 5) is 8.33. The van der Waals surface area contributed by atoms with Crippen molar-refractivity contribution in [2.75, 3.05) is 0 Å². The maximum Gasteiger partial charge on any atom is 2.00 e. The van der Waals surface area contributed by atoms with Crippen LogP contribution in [0.3, 0.4) is 0 Å². The van der Waals surface area contributed by atoms with Crippen LogP contribution in [0.25, 0.3) is 0 Å². The molecule has 0 aromatic rings. The van der Waals surface area contributed by atoms with Crippen molar-refractivity contribution in [2.45, 2.75) is 0 Å². The van der Waals surface area contributed by atoms with Gasteiger partial charge in [-0.1, -0.05) is 0 Å². The first-order valence-corrected chi connectivity index (χ1v) is 0.612. The maximum atomic E-state index is 8.33. The Kier molecular flexibility index (Phi) is 280. The van der Waals surface area contributed by atoms with E-state index in [9.17, 15) is 0 Å². The first-order chi connectivity index (χ1) is 1.73. The average molecular weight is 241 g/mol. The largest absolute Gasteiger partial charge is 2.00 e. The minimum absolute atomic E-state index is 0. The molecule has 0 bridgehead atoms. The van der Waals surface area contributed by atoms with Gasteiger partial charge in [0.2, 0.25) is 0 Å². The molecular formula is CH6Cu2O6. The predicted molar refractivity (Wildman–Crippen MR) is 16.2 cm³/mol. The van der Waals surface area contributed by atoms with Gasteiger partial charge in [-0.05, 0) is 6.16 Å². The van der Waals surface area contributed by atoms with Crippen molar-refractivity contribution in [3.8, 4) is 0 Å². The Morgan fingerprint density at radius 2 is 1.00 bits per heavy atom. The predicted octanol–water partition coefficient (Wildman–Crippen LogP) is -4.93. The Labute approximate surface area is 72.1 Å². The normalized spacial score (nSPS) is 2.67. The molecule has 8 heteroatoms. The van der Waals surface area contributed by atoms with Crippen LogP contribution in [0.15, 0.2) is 0 Å². The third-order valence-corrected chi connectivity index (χ3v) is 0. The molecule has 6 N–H and O–H groups in total. The van der Waals surface area contributed by atoms with Crippen LogP contribution < -0.4 is 10.2 Å². The molecule has 0 fully saturated rings. The minimum Gasteiger partial charge on any atom is -0.652 e. The summed E-state index contributed by atoms with van der Waals surface area (Å²) < 4.78 is 0. The summed E-state index contributed by atoms with van der Waals surface area (Å²) >= 11 is 0. The Hall–Kier alpha value is 0.189. The van der Waals surface area contributed by atoms with Gasteiger partial charge >= 0.3 is 17.1 Å². The molecule has 0 rings (SSSR count). The van der Waals surface area contributed by atoms with Crippen molar-refractivity contribution in [1.82, 2.24) is 0 Å². The molecule has 6 nitrogen and oxygen atoms in total. The number of carbonyl (C=O) groups excluding carboxylic acids is 1. The van der Waals surface area contributed by atoms with Crippen molar-refractivity contribution in [1.29, 1.82) is 0 Å². The standard InChI is InChI=1S/CH2O3.2Cu.3H2O/c2-1(3)4;;;;;/h(H2,2,3,4);;;3*1H2/q;;+2;;;/p-2. The van der Waals surface area contributed by atoms with Crippen LogP contribution in [0.4, 0.5) is 4.79 Å². The quantitative estimate of drug-likeness (QED) is 0.389. The van der Waals surface area contributed by atoms with Crippen molar-refractivity contribution in [3.05, 3.63) is 0 Å². The summed E-state index contributed by atoms with van der Waals surface area (Å²) in [5, 5.41) is 16.7. The Bertz CT molecular complexity index is 34.0. The molecule has 2 radical (unpaired) electrons. The zero-order chi connectivity index (χ0) is 3.58. The van der Waals surface area contributed by atoms with Gasteiger partial charge in [0, 0.05) is 17.1 Å². The zero-order valence-corrected chi connectivity index (χ0v) is 5.71. The molecule has 0 aliphatic heterocycles. The molecule has 0 unspecified atom stereocenters. The summed E-state index contributed by atoms with van der Waals surface area (Å²) in [6.45, 7) is 0. The van der Waals surface area contributed by atoms with Crippen molar-refractivity contribution in [2.24, 2.45) is 0 Å². The second kappa shape index (κ2) is 41.6. The van der Waals surface area contributed by atoms with Crippen LogP contribution in [0.5, 0.6) is 0 Å². The molecule has 0 atom stereocenters. The van der Waals surface area contributed by atoms with E-state index in [4.69, 9.17) is 15.0 Å². The van der Waals surface area contributed by atoms with E-state index >= 15 is 0 Å². The van der Waals surface area contributed by atoms with Crippen molar-refractivity contribution < 1.29 is 65.6 Å². The number of rotatable bonds is 0. The average Bonchev–Trinajstić information content (AvgIpc) is 0.811. The minimum atomic E-state index is -2.33. The van der Waals surface area contributed by atoms with Crippen molar-refractivity contribution >= 4 is 6.16 Å². The fourth-order valence-electron chi connectivity index (χ4n) is 0. The first kappa shape index (κ1) is 60.6. The summed E-state index contributed by atoms with van der Waals surface area (Å²) in [7, 11) is 0. The third kappa shape index (κ3) is 8780. The van der Waals surface area contributed by atoms with Gasteiger partial charge in [0.1, 0.15) is 0 Å². The van der Waals surface area contributed by atoms with Gasteiger partial charge in [0.15, 0.2) is 0 Å². The Morgan fingerprint density at radius 1 is 1.00 bits per heavy atom. The Morgan fingerprint density at radius 3 is 1.00 bits per heavy atom. The smallest absolute Gasteiger partial charge is 0.652 e. The molecule has 0 aliphatic rings. The maximum absolute atomic E-state index is 8.33. The summed E-state index contributed by atoms with van der Waals surface area (Å²) in [5.74, 6) is 0. The number of carboxylic acid groups (broad SMARTS) is 2. The van der Waals surface area contributed by atoms with Gasteiger partial charge in [-0.15, -0.1) is 0 Å². The van der Waals surface area contributed by atoms with E-state index in [1.54, 1.807) is 0 Å². The molecule has 68 valence electrons. The topological polar surface area (TPSA) is 158 Å². The molecule has 0 amide bonds. The monoisotopic (exact) mass is 240 g/mol. The molecule has 0 saturated carbocycles. The van der Waals surface area contributed by atoms with Gasteiger partial charge in [0.05, 0.1) is 0 Å². The Balaban J connectivity index is -0.00000000450. The van der Waals surface area contributed by atoms with E-state index < -0.39 is 6.16 Å². The van der Waals surface area contributed by atoms with Crippen molar-refractivity contribution in [3.63, 3.8) is 0 Å². The molecule has 0 heterocycles. The third-order valence-electron chi connectivity index (χ3n) is 0. The molecule has 0 aliphatic carbocycles.